The summed E-state index contributed by atoms with van der Waals surface area (Å²) >= 11 is 6.44. The summed E-state index contributed by atoms with van der Waals surface area (Å²) in [7, 11) is -0.231. The molecule has 0 saturated carbocycles. The van der Waals surface area contributed by atoms with Gasteiger partial charge in [-0.15, -0.1) is 0 Å². The predicted octanol–water partition coefficient (Wildman–Crippen LogP) is 5.45. The van der Waals surface area contributed by atoms with E-state index in [1.165, 1.54) is 10.9 Å². The maximum atomic E-state index is 6.44. The van der Waals surface area contributed by atoms with Crippen molar-refractivity contribution in [2.24, 2.45) is 0 Å². The van der Waals surface area contributed by atoms with Crippen LogP contribution in [0.3, 0.4) is 0 Å². The van der Waals surface area contributed by atoms with Gasteiger partial charge in [0.25, 0.3) is 0 Å². The van der Waals surface area contributed by atoms with Crippen molar-refractivity contribution >= 4 is 47.8 Å². The van der Waals surface area contributed by atoms with Crippen LogP contribution in [0.5, 0.6) is 0 Å². The first-order valence-corrected chi connectivity index (χ1v) is 12.8. The molecule has 1 aliphatic rings. The summed E-state index contributed by atoms with van der Waals surface area (Å²) in [5.74, 6) is 2.10. The monoisotopic (exact) mass is 439 g/mol. The molecule has 1 aliphatic heterocycles. The number of benzene rings is 1. The number of halogens is 1. The normalized spacial score (nSPS) is 14.7. The number of rotatable bonds is 6. The molecular weight excluding hydrogens is 413 g/mol. The Labute approximate surface area is 184 Å². The first kappa shape index (κ1) is 21.0. The molecule has 2 aromatic heterocycles. The fraction of sp³-hybridized carbons (Fsp3) is 0.304. The molecule has 0 bridgehead atoms. The first-order valence-electron chi connectivity index (χ1n) is 10.2. The van der Waals surface area contributed by atoms with Crippen LogP contribution >= 0.6 is 19.5 Å². The Morgan fingerprint density at radius 2 is 1.73 bits per heavy atom. The van der Waals surface area contributed by atoms with Crippen LogP contribution in [0.2, 0.25) is 5.02 Å². The molecule has 3 aromatic rings. The zero-order chi connectivity index (χ0) is 20.9. The third-order valence-electron chi connectivity index (χ3n) is 5.36. The van der Waals surface area contributed by atoms with Crippen LogP contribution in [0.4, 0.5) is 23.0 Å². The fourth-order valence-electron chi connectivity index (χ4n) is 3.77. The van der Waals surface area contributed by atoms with Gasteiger partial charge in [0.15, 0.2) is 0 Å². The van der Waals surface area contributed by atoms with Gasteiger partial charge in [-0.05, 0) is 74.2 Å². The molecule has 1 aromatic carbocycles. The lowest BCUT2D eigenvalue weighted by Gasteiger charge is -2.23. The summed E-state index contributed by atoms with van der Waals surface area (Å²) in [6.45, 7) is 6.64. The molecule has 3 N–H and O–H groups in total. The minimum Gasteiger partial charge on any atom is -0.354 e. The van der Waals surface area contributed by atoms with Crippen molar-refractivity contribution in [3.8, 4) is 0 Å². The molecule has 0 aliphatic carbocycles. The molecule has 1 saturated heterocycles. The van der Waals surface area contributed by atoms with E-state index in [9.17, 15) is 0 Å². The minimum atomic E-state index is -0.231. The standard InChI is InChI=1S/C23H27ClN5P/c1-30(2)21-6-4-3-5-19(21)28-20-14-23(27-15-18(20)24)29-22-13-17(9-12-26-22)16-7-10-25-11-8-16/h3-6,9,12-16,25H,7-8,10-11H2,1-2H3,(H2,26,27,28,29). The maximum Gasteiger partial charge on any atom is 0.133 e. The molecule has 0 amide bonds. The van der Waals surface area contributed by atoms with Crippen LogP contribution in [-0.4, -0.2) is 36.4 Å². The second-order valence-corrected chi connectivity index (χ2v) is 10.4. The number of nitrogens with one attached hydrogen (secondary N) is 3. The van der Waals surface area contributed by atoms with E-state index in [2.05, 4.69) is 69.6 Å². The number of pyridine rings is 2. The van der Waals surface area contributed by atoms with E-state index in [4.69, 9.17) is 11.6 Å². The molecule has 5 nitrogen and oxygen atoms in total. The van der Waals surface area contributed by atoms with Gasteiger partial charge in [-0.25, -0.2) is 9.97 Å². The molecule has 0 atom stereocenters. The number of nitrogens with zero attached hydrogens (tertiary/aromatic N) is 2. The molecule has 3 heterocycles. The third-order valence-corrected chi connectivity index (χ3v) is 7.02. The number of piperidine rings is 1. The fourth-order valence-corrected chi connectivity index (χ4v) is 4.92. The second kappa shape index (κ2) is 9.74. The van der Waals surface area contributed by atoms with Crippen LogP contribution in [-0.2, 0) is 0 Å². The van der Waals surface area contributed by atoms with E-state index >= 15 is 0 Å². The Kier molecular flexibility index (Phi) is 6.83. The third kappa shape index (κ3) is 5.10. The van der Waals surface area contributed by atoms with Gasteiger partial charge in [0.2, 0.25) is 0 Å². The van der Waals surface area contributed by atoms with Gasteiger partial charge in [-0.2, -0.15) is 0 Å². The zero-order valence-electron chi connectivity index (χ0n) is 17.3. The Hall–Kier alpha value is -2.20. The van der Waals surface area contributed by atoms with Gasteiger partial charge < -0.3 is 16.0 Å². The van der Waals surface area contributed by atoms with Crippen LogP contribution in [0.1, 0.15) is 24.3 Å². The van der Waals surface area contributed by atoms with Crippen molar-refractivity contribution < 1.29 is 0 Å². The van der Waals surface area contributed by atoms with Gasteiger partial charge in [0, 0.05) is 18.0 Å². The highest BCUT2D eigenvalue weighted by molar-refractivity contribution is 7.64. The molecule has 0 radical (unpaired) electrons. The highest BCUT2D eigenvalue weighted by Gasteiger charge is 2.16. The SMILES string of the molecule is CP(C)c1ccccc1Nc1cc(Nc2cc(C3CCNCC3)ccn2)ncc1Cl. The van der Waals surface area contributed by atoms with E-state index in [1.807, 2.05) is 18.3 Å². The Balaban J connectivity index is 1.54. The highest BCUT2D eigenvalue weighted by Crippen LogP contribution is 2.33. The summed E-state index contributed by atoms with van der Waals surface area (Å²) in [6.07, 6.45) is 5.86. The summed E-state index contributed by atoms with van der Waals surface area (Å²) in [5, 5.41) is 12.1. The zero-order valence-corrected chi connectivity index (χ0v) is 19.0. The maximum absolute atomic E-state index is 6.44. The van der Waals surface area contributed by atoms with Crippen molar-refractivity contribution in [3.05, 3.63) is 65.4 Å². The minimum absolute atomic E-state index is 0.231. The van der Waals surface area contributed by atoms with E-state index in [0.29, 0.717) is 16.8 Å². The van der Waals surface area contributed by atoms with Gasteiger partial charge >= 0.3 is 0 Å². The van der Waals surface area contributed by atoms with E-state index in [0.717, 1.165) is 43.1 Å². The van der Waals surface area contributed by atoms with E-state index < -0.39 is 0 Å². The molecule has 30 heavy (non-hydrogen) atoms. The average molecular weight is 440 g/mol. The van der Waals surface area contributed by atoms with Crippen molar-refractivity contribution in [1.29, 1.82) is 0 Å². The Morgan fingerprint density at radius 1 is 0.967 bits per heavy atom. The highest BCUT2D eigenvalue weighted by atomic mass is 35.5. The lowest BCUT2D eigenvalue weighted by Crippen LogP contribution is -2.26. The summed E-state index contributed by atoms with van der Waals surface area (Å²) in [6, 6.07) is 14.6. The van der Waals surface area contributed by atoms with Crippen LogP contribution < -0.4 is 21.3 Å². The molecular formula is C23H27ClN5P. The van der Waals surface area contributed by atoms with Crippen LogP contribution in [0.25, 0.3) is 0 Å². The van der Waals surface area contributed by atoms with Crippen LogP contribution in [0.15, 0.2) is 54.9 Å². The number of hydrogen-bond acceptors (Lipinski definition) is 5. The number of anilines is 4. The average Bonchev–Trinajstić information content (AvgIpc) is 2.77. The molecule has 1 fully saturated rings. The summed E-state index contributed by atoms with van der Waals surface area (Å²) in [5.41, 5.74) is 3.24. The van der Waals surface area contributed by atoms with E-state index in [-0.39, 0.29) is 7.92 Å². The lowest BCUT2D eigenvalue weighted by atomic mass is 9.91. The van der Waals surface area contributed by atoms with Crippen molar-refractivity contribution in [2.45, 2.75) is 18.8 Å². The number of hydrogen-bond donors (Lipinski definition) is 3. The van der Waals surface area contributed by atoms with Gasteiger partial charge in [-0.3, -0.25) is 0 Å². The summed E-state index contributed by atoms with van der Waals surface area (Å²) in [4.78, 5) is 8.93. The molecule has 0 spiro atoms. The Bertz CT molecular complexity index is 1000. The largest absolute Gasteiger partial charge is 0.354 e. The molecule has 156 valence electrons. The van der Waals surface area contributed by atoms with E-state index in [1.54, 1.807) is 6.20 Å². The van der Waals surface area contributed by atoms with Gasteiger partial charge in [-0.1, -0.05) is 37.7 Å². The summed E-state index contributed by atoms with van der Waals surface area (Å²) < 4.78 is 0. The number of para-hydroxylation sites is 1. The second-order valence-electron chi connectivity index (χ2n) is 7.71. The van der Waals surface area contributed by atoms with Crippen molar-refractivity contribution in [3.63, 3.8) is 0 Å². The molecule has 4 rings (SSSR count). The predicted molar refractivity (Wildman–Crippen MR) is 130 cm³/mol. The quantitative estimate of drug-likeness (QED) is 0.446. The smallest absolute Gasteiger partial charge is 0.133 e. The Morgan fingerprint density at radius 3 is 2.53 bits per heavy atom. The topological polar surface area (TPSA) is 61.9 Å². The van der Waals surface area contributed by atoms with Crippen molar-refractivity contribution in [2.75, 3.05) is 37.1 Å². The number of aromatic nitrogens is 2. The van der Waals surface area contributed by atoms with Gasteiger partial charge in [0.1, 0.15) is 11.6 Å². The molecule has 0 unspecified atom stereocenters. The first-order chi connectivity index (χ1) is 14.6. The van der Waals surface area contributed by atoms with Crippen molar-refractivity contribution in [1.82, 2.24) is 15.3 Å². The lowest BCUT2D eigenvalue weighted by molar-refractivity contribution is 0.460. The van der Waals surface area contributed by atoms with Crippen LogP contribution in [0, 0.1) is 0 Å². The molecule has 7 heteroatoms. The van der Waals surface area contributed by atoms with Gasteiger partial charge in [0.05, 0.1) is 16.9 Å².